The van der Waals surface area contributed by atoms with Crippen molar-refractivity contribution in [1.82, 2.24) is 19.7 Å². The number of primary amides is 1. The molecule has 3 heterocycles. The van der Waals surface area contributed by atoms with E-state index >= 15 is 0 Å². The number of nitrogen functional groups attached to an aromatic ring is 1. The van der Waals surface area contributed by atoms with Gasteiger partial charge < -0.3 is 21.1 Å². The highest BCUT2D eigenvalue weighted by Crippen LogP contribution is 2.34. The molecule has 12 heteroatoms. The fourth-order valence-electron chi connectivity index (χ4n) is 3.85. The Morgan fingerprint density at radius 3 is 2.59 bits per heavy atom. The van der Waals surface area contributed by atoms with Gasteiger partial charge >= 0.3 is 6.18 Å². The third-order valence-electron chi connectivity index (χ3n) is 5.44. The topological polar surface area (TPSA) is 136 Å². The molecule has 0 bridgehead atoms. The third kappa shape index (κ3) is 4.59. The van der Waals surface area contributed by atoms with Gasteiger partial charge in [0.25, 0.3) is 5.91 Å². The lowest BCUT2D eigenvalue weighted by atomic mass is 10.1. The minimum Gasteiger partial charge on any atom is -0.439 e. The Morgan fingerprint density at radius 2 is 1.94 bits per heavy atom. The number of ether oxygens (including phenoxy) is 1. The van der Waals surface area contributed by atoms with Crippen molar-refractivity contribution in [2.45, 2.75) is 25.1 Å². The van der Waals surface area contributed by atoms with Crippen LogP contribution in [-0.2, 0) is 6.18 Å². The molecule has 1 atom stereocenters. The van der Waals surface area contributed by atoms with Crippen LogP contribution in [0, 0.1) is 11.5 Å². The predicted molar refractivity (Wildman–Crippen MR) is 115 cm³/mol. The fraction of sp³-hybridized carbons (Fsp3) is 0.273. The number of nitriles is 1. The number of carbonyl (C=O) groups excluding carboxylic acids is 1. The van der Waals surface area contributed by atoms with Gasteiger partial charge in [-0.2, -0.15) is 23.5 Å². The van der Waals surface area contributed by atoms with Gasteiger partial charge in [-0.3, -0.25) is 4.79 Å². The average Bonchev–Trinajstić information content (AvgIpc) is 3.16. The lowest BCUT2D eigenvalue weighted by molar-refractivity contribution is -0.141. The van der Waals surface area contributed by atoms with E-state index < -0.39 is 17.8 Å². The highest BCUT2D eigenvalue weighted by molar-refractivity contribution is 6.03. The number of piperidine rings is 1. The van der Waals surface area contributed by atoms with Gasteiger partial charge in [-0.15, -0.1) is 0 Å². The average molecular weight is 471 g/mol. The zero-order valence-corrected chi connectivity index (χ0v) is 17.8. The van der Waals surface area contributed by atoms with Gasteiger partial charge in [-0.1, -0.05) is 6.07 Å². The molecule has 2 aromatic heterocycles. The second-order valence-corrected chi connectivity index (χ2v) is 7.74. The molecular weight excluding hydrogens is 451 g/mol. The van der Waals surface area contributed by atoms with E-state index in [9.17, 15) is 23.2 Å². The fourth-order valence-corrected chi connectivity index (χ4v) is 3.85. The number of alkyl halides is 3. The van der Waals surface area contributed by atoms with Crippen molar-refractivity contribution in [3.8, 4) is 29.1 Å². The van der Waals surface area contributed by atoms with Gasteiger partial charge in [0.1, 0.15) is 28.5 Å². The number of halogens is 3. The van der Waals surface area contributed by atoms with E-state index in [0.29, 0.717) is 18.7 Å². The van der Waals surface area contributed by atoms with Crippen LogP contribution in [0.1, 0.15) is 34.9 Å². The number of amides is 1. The molecule has 34 heavy (non-hydrogen) atoms. The molecule has 0 unspecified atom stereocenters. The first kappa shape index (κ1) is 22.9. The summed E-state index contributed by atoms with van der Waals surface area (Å²) in [6.45, 7) is 1.06. The van der Waals surface area contributed by atoms with Gasteiger partial charge in [-0.05, 0) is 43.2 Å². The quantitative estimate of drug-likeness (QED) is 0.543. The molecule has 1 saturated heterocycles. The van der Waals surface area contributed by atoms with Crippen molar-refractivity contribution in [2.24, 2.45) is 5.73 Å². The largest absolute Gasteiger partial charge is 0.439 e. The van der Waals surface area contributed by atoms with Gasteiger partial charge in [0.2, 0.25) is 5.88 Å². The SMILES string of the molecule is N#CN1CCC[C@@H](n2nc(-c3ccc(Oc4cccc(C(F)(F)F)n4)cc3)c(C(N)=O)c2N)C1. The Kier molecular flexibility index (Phi) is 6.02. The number of benzene rings is 1. The monoisotopic (exact) mass is 471 g/mol. The molecule has 1 aromatic carbocycles. The maximum Gasteiger partial charge on any atom is 0.433 e. The van der Waals surface area contributed by atoms with E-state index in [1.54, 1.807) is 17.0 Å². The van der Waals surface area contributed by atoms with Crippen molar-refractivity contribution in [2.75, 3.05) is 18.8 Å². The zero-order chi connectivity index (χ0) is 24.5. The first-order valence-corrected chi connectivity index (χ1v) is 10.3. The smallest absolute Gasteiger partial charge is 0.433 e. The van der Waals surface area contributed by atoms with Crippen LogP contribution in [0.2, 0.25) is 0 Å². The molecule has 176 valence electrons. The minimum atomic E-state index is -4.59. The van der Waals surface area contributed by atoms with E-state index in [0.717, 1.165) is 18.9 Å². The molecule has 9 nitrogen and oxygen atoms in total. The molecule has 1 fully saturated rings. The summed E-state index contributed by atoms with van der Waals surface area (Å²) < 4.78 is 45.6. The van der Waals surface area contributed by atoms with Crippen LogP contribution in [0.25, 0.3) is 11.3 Å². The number of pyridine rings is 1. The number of hydrogen-bond donors (Lipinski definition) is 2. The number of carbonyl (C=O) groups is 1. The Morgan fingerprint density at radius 1 is 1.21 bits per heavy atom. The van der Waals surface area contributed by atoms with Crippen molar-refractivity contribution in [3.63, 3.8) is 0 Å². The third-order valence-corrected chi connectivity index (χ3v) is 5.44. The molecule has 4 N–H and O–H groups in total. The number of nitrogens with two attached hydrogens (primary N) is 2. The summed E-state index contributed by atoms with van der Waals surface area (Å²) in [5, 5.41) is 13.7. The summed E-state index contributed by atoms with van der Waals surface area (Å²) in [5.74, 6) is -0.616. The van der Waals surface area contributed by atoms with Crippen molar-refractivity contribution >= 4 is 11.7 Å². The minimum absolute atomic E-state index is 0.0577. The van der Waals surface area contributed by atoms with Crippen LogP contribution in [0.3, 0.4) is 0 Å². The van der Waals surface area contributed by atoms with Crippen LogP contribution >= 0.6 is 0 Å². The zero-order valence-electron chi connectivity index (χ0n) is 17.8. The second kappa shape index (κ2) is 8.93. The number of nitrogens with zero attached hydrogens (tertiary/aromatic N) is 5. The normalized spacial score (nSPS) is 16.2. The molecule has 0 aliphatic carbocycles. The summed E-state index contributed by atoms with van der Waals surface area (Å²) in [6.07, 6.45) is -0.966. The first-order chi connectivity index (χ1) is 16.2. The van der Waals surface area contributed by atoms with Crippen LogP contribution in [0.15, 0.2) is 42.5 Å². The van der Waals surface area contributed by atoms with E-state index in [2.05, 4.69) is 16.3 Å². The van der Waals surface area contributed by atoms with E-state index in [4.69, 9.17) is 16.2 Å². The maximum absolute atomic E-state index is 12.9. The van der Waals surface area contributed by atoms with Gasteiger partial charge in [0, 0.05) is 18.2 Å². The molecule has 1 aliphatic heterocycles. The van der Waals surface area contributed by atoms with E-state index in [1.165, 1.54) is 28.9 Å². The van der Waals surface area contributed by atoms with Crippen LogP contribution in [-0.4, -0.2) is 38.7 Å². The van der Waals surface area contributed by atoms with Gasteiger partial charge in [0.15, 0.2) is 6.19 Å². The van der Waals surface area contributed by atoms with Crippen molar-refractivity contribution < 1.29 is 22.7 Å². The summed E-state index contributed by atoms with van der Waals surface area (Å²) in [5.41, 5.74) is 11.6. The summed E-state index contributed by atoms with van der Waals surface area (Å²) in [4.78, 5) is 17.2. The molecular formula is C22H20F3N7O2. The number of aromatic nitrogens is 3. The molecule has 0 saturated carbocycles. The van der Waals surface area contributed by atoms with Gasteiger partial charge in [-0.25, -0.2) is 9.67 Å². The standard InChI is InChI=1S/C22H20F3N7O2/c23-22(24,25)16-4-1-5-17(29-16)34-15-8-6-13(7-9-15)19-18(21(28)33)20(27)32(30-19)14-3-2-10-31(11-14)12-26/h1,4-9,14H,2-3,10-11,27H2,(H2,28,33)/t14-/m1/s1. The highest BCUT2D eigenvalue weighted by atomic mass is 19.4. The number of anilines is 1. The molecule has 3 aromatic rings. The lowest BCUT2D eigenvalue weighted by Crippen LogP contribution is -2.34. The van der Waals surface area contributed by atoms with Gasteiger partial charge in [0.05, 0.1) is 12.6 Å². The molecule has 0 spiro atoms. The Bertz CT molecular complexity index is 1250. The van der Waals surface area contributed by atoms with E-state index in [-0.39, 0.29) is 34.7 Å². The Labute approximate surface area is 192 Å². The first-order valence-electron chi connectivity index (χ1n) is 10.3. The lowest BCUT2D eigenvalue weighted by Gasteiger charge is -2.29. The highest BCUT2D eigenvalue weighted by Gasteiger charge is 2.33. The molecule has 1 aliphatic rings. The number of rotatable bonds is 5. The molecule has 0 radical (unpaired) electrons. The summed E-state index contributed by atoms with van der Waals surface area (Å²) in [7, 11) is 0. The van der Waals surface area contributed by atoms with Crippen LogP contribution in [0.4, 0.5) is 19.0 Å². The van der Waals surface area contributed by atoms with Crippen LogP contribution in [0.5, 0.6) is 11.6 Å². The Balaban J connectivity index is 1.61. The number of hydrogen-bond acceptors (Lipinski definition) is 7. The molecule has 4 rings (SSSR count). The summed E-state index contributed by atoms with van der Waals surface area (Å²) in [6, 6.07) is 9.36. The Hall–Kier alpha value is -4.27. The van der Waals surface area contributed by atoms with Crippen molar-refractivity contribution in [3.05, 3.63) is 53.7 Å². The van der Waals surface area contributed by atoms with Crippen LogP contribution < -0.4 is 16.2 Å². The molecule has 1 amide bonds. The summed E-state index contributed by atoms with van der Waals surface area (Å²) >= 11 is 0. The van der Waals surface area contributed by atoms with E-state index in [1.807, 2.05) is 0 Å². The maximum atomic E-state index is 12.9. The predicted octanol–water partition coefficient (Wildman–Crippen LogP) is 3.56. The number of likely N-dealkylation sites (tertiary alicyclic amines) is 1. The second-order valence-electron chi connectivity index (χ2n) is 7.74. The van der Waals surface area contributed by atoms with Crippen molar-refractivity contribution in [1.29, 1.82) is 5.26 Å².